The van der Waals surface area contributed by atoms with Gasteiger partial charge in [-0.25, -0.2) is 0 Å². The lowest BCUT2D eigenvalue weighted by molar-refractivity contribution is -0.124. The molecular weight excluding hydrogens is 128 g/mol. The van der Waals surface area contributed by atoms with E-state index >= 15 is 0 Å². The van der Waals surface area contributed by atoms with Crippen molar-refractivity contribution in [1.82, 2.24) is 0 Å². The molecule has 1 fully saturated rings. The number of ketones is 1. The van der Waals surface area contributed by atoms with Crippen molar-refractivity contribution >= 4 is 5.78 Å². The van der Waals surface area contributed by atoms with Crippen molar-refractivity contribution in [2.45, 2.75) is 12.1 Å². The maximum absolute atomic E-state index is 11.2. The van der Waals surface area contributed by atoms with Crippen LogP contribution in [0.1, 0.15) is 6.42 Å². The van der Waals surface area contributed by atoms with Gasteiger partial charge in [-0.2, -0.15) is 0 Å². The van der Waals surface area contributed by atoms with Crippen molar-refractivity contribution in [1.29, 1.82) is 0 Å². The number of nitrogens with two attached hydrogens (primary N) is 2. The van der Waals surface area contributed by atoms with Crippen LogP contribution < -0.4 is 11.5 Å². The second-order valence-corrected chi connectivity index (χ2v) is 3.13. The Morgan fingerprint density at radius 1 is 1.50 bits per heavy atom. The molecule has 3 heteroatoms. The van der Waals surface area contributed by atoms with Crippen LogP contribution in [0.2, 0.25) is 0 Å². The van der Waals surface area contributed by atoms with Gasteiger partial charge in [0.1, 0.15) is 5.66 Å². The summed E-state index contributed by atoms with van der Waals surface area (Å²) in [6.07, 6.45) is 4.68. The van der Waals surface area contributed by atoms with Gasteiger partial charge >= 0.3 is 0 Å². The van der Waals surface area contributed by atoms with Crippen molar-refractivity contribution in [3.63, 3.8) is 0 Å². The van der Waals surface area contributed by atoms with Gasteiger partial charge in [0.2, 0.25) is 0 Å². The molecule has 0 saturated heterocycles. The van der Waals surface area contributed by atoms with Crippen LogP contribution in [-0.2, 0) is 4.79 Å². The zero-order chi connectivity index (χ0) is 7.35. The lowest BCUT2D eigenvalue weighted by Gasteiger charge is -2.23. The first kappa shape index (κ1) is 6.07. The lowest BCUT2D eigenvalue weighted by atomic mass is 9.94. The summed E-state index contributed by atoms with van der Waals surface area (Å²) in [7, 11) is 0. The summed E-state index contributed by atoms with van der Waals surface area (Å²) in [5.41, 5.74) is 10.1. The van der Waals surface area contributed by atoms with Gasteiger partial charge in [0.15, 0.2) is 5.78 Å². The third-order valence-corrected chi connectivity index (χ3v) is 2.46. The summed E-state index contributed by atoms with van der Waals surface area (Å²) >= 11 is 0. The lowest BCUT2D eigenvalue weighted by Crippen LogP contribution is -2.58. The molecule has 2 rings (SSSR count). The molecule has 4 N–H and O–H groups in total. The highest BCUT2D eigenvalue weighted by atomic mass is 16.1. The Labute approximate surface area is 59.1 Å². The van der Waals surface area contributed by atoms with Crippen molar-refractivity contribution in [2.75, 3.05) is 0 Å². The molecule has 54 valence electrons. The number of hydrogen-bond donors (Lipinski definition) is 2. The zero-order valence-corrected chi connectivity index (χ0v) is 5.58. The Bertz CT molecular complexity index is 220. The first-order chi connectivity index (χ1) is 4.62. The van der Waals surface area contributed by atoms with Crippen LogP contribution in [0.3, 0.4) is 0 Å². The molecule has 0 amide bonds. The molecule has 2 aliphatic carbocycles. The first-order valence-corrected chi connectivity index (χ1v) is 3.43. The molecule has 2 aliphatic rings. The number of fused-ring (bicyclic) bond motifs is 2. The molecule has 0 aromatic carbocycles. The zero-order valence-electron chi connectivity index (χ0n) is 5.58. The van der Waals surface area contributed by atoms with E-state index in [0.29, 0.717) is 0 Å². The van der Waals surface area contributed by atoms with E-state index in [1.54, 1.807) is 0 Å². The Morgan fingerprint density at radius 2 is 2.20 bits per heavy atom. The van der Waals surface area contributed by atoms with Crippen LogP contribution in [0, 0.1) is 11.8 Å². The maximum Gasteiger partial charge on any atom is 0.174 e. The number of rotatable bonds is 0. The Kier molecular flexibility index (Phi) is 0.904. The van der Waals surface area contributed by atoms with Gasteiger partial charge in [-0.05, 0) is 6.42 Å². The average Bonchev–Trinajstić information content (AvgIpc) is 2.37. The molecule has 0 heterocycles. The van der Waals surface area contributed by atoms with Gasteiger partial charge in [0, 0.05) is 11.8 Å². The SMILES string of the molecule is NC1(N)C(=O)C2C=CC1C2. The summed E-state index contributed by atoms with van der Waals surface area (Å²) in [4.78, 5) is 11.2. The van der Waals surface area contributed by atoms with Crippen LogP contribution in [0.15, 0.2) is 12.2 Å². The highest BCUT2D eigenvalue weighted by Gasteiger charge is 2.50. The minimum absolute atomic E-state index is 0.000000000000000444. The number of Topliss-reactive ketones (excluding diaryl/α,β-unsaturated/α-hetero) is 1. The predicted molar refractivity (Wildman–Crippen MR) is 36.8 cm³/mol. The molecule has 10 heavy (non-hydrogen) atoms. The molecular formula is C7H10N2O. The van der Waals surface area contributed by atoms with Gasteiger partial charge in [-0.1, -0.05) is 12.2 Å². The highest BCUT2D eigenvalue weighted by molar-refractivity contribution is 5.95. The Balaban J connectivity index is 2.44. The van der Waals surface area contributed by atoms with Crippen molar-refractivity contribution in [3.05, 3.63) is 12.2 Å². The number of hydrogen-bond acceptors (Lipinski definition) is 3. The largest absolute Gasteiger partial charge is 0.307 e. The monoisotopic (exact) mass is 138 g/mol. The van der Waals surface area contributed by atoms with E-state index in [1.165, 1.54) is 0 Å². The summed E-state index contributed by atoms with van der Waals surface area (Å²) in [6.45, 7) is 0. The van der Waals surface area contributed by atoms with Gasteiger partial charge in [-0.3, -0.25) is 4.79 Å². The summed E-state index contributed by atoms with van der Waals surface area (Å²) < 4.78 is 0. The second kappa shape index (κ2) is 1.49. The minimum atomic E-state index is -1.06. The molecule has 2 bridgehead atoms. The number of carbonyl (C=O) groups is 1. The average molecular weight is 138 g/mol. The summed E-state index contributed by atoms with van der Waals surface area (Å²) in [6, 6.07) is 0. The van der Waals surface area contributed by atoms with Crippen molar-refractivity contribution < 1.29 is 4.79 Å². The highest BCUT2D eigenvalue weighted by Crippen LogP contribution is 2.39. The van der Waals surface area contributed by atoms with Gasteiger partial charge in [0.05, 0.1) is 0 Å². The smallest absolute Gasteiger partial charge is 0.174 e. The fraction of sp³-hybridized carbons (Fsp3) is 0.571. The minimum Gasteiger partial charge on any atom is -0.307 e. The second-order valence-electron chi connectivity index (χ2n) is 3.13. The number of carbonyl (C=O) groups excluding carboxylic acids is 1. The van der Waals surface area contributed by atoms with Gasteiger partial charge < -0.3 is 11.5 Å². The van der Waals surface area contributed by atoms with Gasteiger partial charge in [-0.15, -0.1) is 0 Å². The fourth-order valence-electron chi connectivity index (χ4n) is 1.75. The van der Waals surface area contributed by atoms with Crippen LogP contribution >= 0.6 is 0 Å². The molecule has 0 spiro atoms. The molecule has 0 aromatic heterocycles. The van der Waals surface area contributed by atoms with Crippen molar-refractivity contribution in [2.24, 2.45) is 23.3 Å². The van der Waals surface area contributed by atoms with E-state index in [1.807, 2.05) is 12.2 Å². The standard InChI is InChI=1S/C7H10N2O/c8-7(9)5-2-1-4(3-5)6(7)10/h1-2,4-5H,3,8-9H2. The third-order valence-electron chi connectivity index (χ3n) is 2.46. The van der Waals surface area contributed by atoms with E-state index in [9.17, 15) is 4.79 Å². The van der Waals surface area contributed by atoms with Crippen LogP contribution in [0.25, 0.3) is 0 Å². The topological polar surface area (TPSA) is 69.1 Å². The van der Waals surface area contributed by atoms with Crippen LogP contribution in [0.4, 0.5) is 0 Å². The molecule has 3 nitrogen and oxygen atoms in total. The number of allylic oxidation sites excluding steroid dienone is 1. The quantitative estimate of drug-likeness (QED) is 0.346. The third kappa shape index (κ3) is 0.496. The molecule has 2 unspecified atom stereocenters. The van der Waals surface area contributed by atoms with Crippen LogP contribution in [0.5, 0.6) is 0 Å². The summed E-state index contributed by atoms with van der Waals surface area (Å²) in [5.74, 6) is 0.102. The fourth-order valence-corrected chi connectivity index (χ4v) is 1.75. The van der Waals surface area contributed by atoms with Crippen molar-refractivity contribution in [3.8, 4) is 0 Å². The molecule has 0 radical (unpaired) electrons. The van der Waals surface area contributed by atoms with E-state index in [4.69, 9.17) is 11.5 Å². The molecule has 1 saturated carbocycles. The van der Waals surface area contributed by atoms with E-state index in [0.717, 1.165) is 6.42 Å². The normalized spacial score (nSPS) is 41.2. The van der Waals surface area contributed by atoms with E-state index in [-0.39, 0.29) is 17.6 Å². The first-order valence-electron chi connectivity index (χ1n) is 3.43. The van der Waals surface area contributed by atoms with E-state index < -0.39 is 5.66 Å². The molecule has 2 atom stereocenters. The molecule has 0 aromatic rings. The Hall–Kier alpha value is -0.670. The summed E-state index contributed by atoms with van der Waals surface area (Å²) in [5, 5.41) is 0. The van der Waals surface area contributed by atoms with Crippen LogP contribution in [-0.4, -0.2) is 11.4 Å². The molecule has 0 aliphatic heterocycles. The predicted octanol–water partition coefficient (Wildman–Crippen LogP) is -0.625. The van der Waals surface area contributed by atoms with E-state index in [2.05, 4.69) is 0 Å². The maximum atomic E-state index is 11.2. The van der Waals surface area contributed by atoms with Gasteiger partial charge in [0.25, 0.3) is 0 Å². The Morgan fingerprint density at radius 3 is 2.50 bits per heavy atom.